The Bertz CT molecular complexity index is 1120. The van der Waals surface area contributed by atoms with Gasteiger partial charge in [-0.15, -0.1) is 0 Å². The van der Waals surface area contributed by atoms with Gasteiger partial charge >= 0.3 is 12.4 Å². The van der Waals surface area contributed by atoms with Crippen LogP contribution in [0.25, 0.3) is 0 Å². The van der Waals surface area contributed by atoms with Gasteiger partial charge in [0, 0.05) is 29.3 Å². The van der Waals surface area contributed by atoms with Crippen LogP contribution in [0.15, 0.2) is 36.5 Å². The Morgan fingerprint density at radius 3 is 2.38 bits per heavy atom. The van der Waals surface area contributed by atoms with Crippen LogP contribution in [0, 0.1) is 5.92 Å². The smallest absolute Gasteiger partial charge is 0.419 e. The Labute approximate surface area is 188 Å². The number of benzene rings is 1. The van der Waals surface area contributed by atoms with Gasteiger partial charge in [0.1, 0.15) is 17.5 Å². The van der Waals surface area contributed by atoms with Crippen LogP contribution in [0.4, 0.5) is 32.0 Å². The lowest BCUT2D eigenvalue weighted by Crippen LogP contribution is -2.47. The highest BCUT2D eigenvalue weighted by Crippen LogP contribution is 2.55. The lowest BCUT2D eigenvalue weighted by molar-refractivity contribution is -0.272. The summed E-state index contributed by atoms with van der Waals surface area (Å²) >= 11 is 0. The second kappa shape index (κ2) is 8.46. The number of ether oxygens (including phenoxy) is 1. The van der Waals surface area contributed by atoms with Crippen molar-refractivity contribution in [3.05, 3.63) is 53.3 Å². The molecule has 7 nitrogen and oxygen atoms in total. The highest BCUT2D eigenvalue weighted by Gasteiger charge is 2.66. The summed E-state index contributed by atoms with van der Waals surface area (Å²) in [5.41, 5.74) is -0.0903. The summed E-state index contributed by atoms with van der Waals surface area (Å²) in [7, 11) is 0. The van der Waals surface area contributed by atoms with Gasteiger partial charge in [-0.3, -0.25) is 14.6 Å². The summed E-state index contributed by atoms with van der Waals surface area (Å²) in [5.74, 6) is -6.54. The minimum Gasteiger partial charge on any atom is -0.507 e. The fourth-order valence-corrected chi connectivity index (χ4v) is 3.94. The van der Waals surface area contributed by atoms with Gasteiger partial charge in [0.15, 0.2) is 5.60 Å². The number of carbonyl (C=O) groups is 2. The molecule has 0 bridgehead atoms. The highest BCUT2D eigenvalue weighted by molar-refractivity contribution is 5.97. The predicted molar refractivity (Wildman–Crippen MR) is 106 cm³/mol. The van der Waals surface area contributed by atoms with Gasteiger partial charge in [-0.2, -0.15) is 26.3 Å². The molecule has 4 N–H and O–H groups in total. The molecule has 1 saturated heterocycles. The molecular weight excluding hydrogens is 472 g/mol. The molecule has 0 saturated carbocycles. The van der Waals surface area contributed by atoms with E-state index < -0.39 is 64.6 Å². The Morgan fingerprint density at radius 1 is 1.18 bits per heavy atom. The zero-order valence-corrected chi connectivity index (χ0v) is 17.7. The topological polar surface area (TPSA) is 115 Å². The lowest BCUT2D eigenvalue weighted by atomic mass is 9.76. The zero-order valence-electron chi connectivity index (χ0n) is 17.7. The molecule has 1 aromatic carbocycles. The van der Waals surface area contributed by atoms with Crippen molar-refractivity contribution in [3.63, 3.8) is 0 Å². The van der Waals surface area contributed by atoms with Crippen LogP contribution >= 0.6 is 0 Å². The zero-order chi connectivity index (χ0) is 25.6. The highest BCUT2D eigenvalue weighted by atomic mass is 19.4. The first kappa shape index (κ1) is 25.3. The van der Waals surface area contributed by atoms with Crippen LogP contribution in [0.3, 0.4) is 0 Å². The fraction of sp³-hybridized carbons (Fsp3) is 0.381. The van der Waals surface area contributed by atoms with Crippen LogP contribution in [-0.2, 0) is 15.7 Å². The number of amides is 2. The summed E-state index contributed by atoms with van der Waals surface area (Å²) in [5, 5.41) is 12.6. The summed E-state index contributed by atoms with van der Waals surface area (Å²) < 4.78 is 86.8. The molecular formula is C21H19F6N3O4. The molecule has 2 amide bonds. The number of rotatable bonds is 4. The number of aromatic hydroxyl groups is 1. The molecule has 0 radical (unpaired) electrons. The number of hydrogen-bond acceptors (Lipinski definition) is 5. The maximum atomic E-state index is 13.9. The van der Waals surface area contributed by atoms with Crippen molar-refractivity contribution in [2.45, 2.75) is 43.8 Å². The fourth-order valence-electron chi connectivity index (χ4n) is 3.94. The maximum absolute atomic E-state index is 13.9. The van der Waals surface area contributed by atoms with Crippen LogP contribution in [-0.4, -0.2) is 39.8 Å². The summed E-state index contributed by atoms with van der Waals surface area (Å²) in [4.78, 5) is 28.0. The van der Waals surface area contributed by atoms with Crippen molar-refractivity contribution in [2.24, 2.45) is 11.7 Å². The monoisotopic (exact) mass is 491 g/mol. The van der Waals surface area contributed by atoms with E-state index in [1.807, 2.05) is 0 Å². The van der Waals surface area contributed by atoms with E-state index >= 15 is 0 Å². The number of aromatic nitrogens is 1. The number of primary amides is 1. The number of pyridine rings is 1. The van der Waals surface area contributed by atoms with E-state index in [0.717, 1.165) is 31.3 Å². The molecule has 34 heavy (non-hydrogen) atoms. The van der Waals surface area contributed by atoms with Gasteiger partial charge in [0.05, 0.1) is 5.56 Å². The van der Waals surface area contributed by atoms with Gasteiger partial charge in [0.25, 0.3) is 11.8 Å². The first-order valence-electron chi connectivity index (χ1n) is 9.78. The molecule has 0 aliphatic carbocycles. The van der Waals surface area contributed by atoms with E-state index in [1.54, 1.807) is 0 Å². The molecule has 13 heteroatoms. The van der Waals surface area contributed by atoms with E-state index in [1.165, 1.54) is 6.07 Å². The number of hydrogen-bond donors (Lipinski definition) is 3. The first-order valence-corrected chi connectivity index (χ1v) is 9.78. The van der Waals surface area contributed by atoms with Crippen molar-refractivity contribution in [1.82, 2.24) is 4.98 Å². The molecule has 2 aromatic rings. The van der Waals surface area contributed by atoms with Crippen molar-refractivity contribution in [2.75, 3.05) is 5.32 Å². The van der Waals surface area contributed by atoms with E-state index in [2.05, 4.69) is 10.3 Å². The van der Waals surface area contributed by atoms with E-state index in [9.17, 15) is 41.0 Å². The molecule has 1 aliphatic rings. The number of para-hydroxylation sites is 1. The van der Waals surface area contributed by atoms with Crippen molar-refractivity contribution < 1.29 is 45.8 Å². The van der Waals surface area contributed by atoms with Crippen LogP contribution < -0.4 is 11.1 Å². The number of halogens is 6. The van der Waals surface area contributed by atoms with Crippen LogP contribution in [0.1, 0.15) is 41.4 Å². The maximum Gasteiger partial charge on any atom is 0.419 e. The van der Waals surface area contributed by atoms with Crippen molar-refractivity contribution in [3.8, 4) is 5.75 Å². The number of phenolic OH excluding ortho intramolecular Hbond substituents is 1. The minimum atomic E-state index is -4.99. The number of alkyl halides is 6. The molecule has 1 aliphatic heterocycles. The predicted octanol–water partition coefficient (Wildman–Crippen LogP) is 3.98. The average molecular weight is 491 g/mol. The Kier molecular flexibility index (Phi) is 6.29. The number of nitrogens with one attached hydrogen (secondary N) is 1. The lowest BCUT2D eigenvalue weighted by Gasteiger charge is -2.32. The molecule has 0 unspecified atom stereocenters. The summed E-state index contributed by atoms with van der Waals surface area (Å²) in [6.07, 6.45) is -10.8. The van der Waals surface area contributed by atoms with Gasteiger partial charge in [-0.05, 0) is 25.1 Å². The van der Waals surface area contributed by atoms with Crippen molar-refractivity contribution >= 4 is 17.5 Å². The summed E-state index contributed by atoms with van der Waals surface area (Å²) in [6, 6.07) is 4.79. The summed E-state index contributed by atoms with van der Waals surface area (Å²) in [6.45, 7) is 1.75. The van der Waals surface area contributed by atoms with E-state index in [4.69, 9.17) is 10.5 Å². The van der Waals surface area contributed by atoms with Gasteiger partial charge in [0.2, 0.25) is 0 Å². The number of anilines is 1. The van der Waals surface area contributed by atoms with Gasteiger partial charge < -0.3 is 20.9 Å². The number of carbonyl (C=O) groups excluding carboxylic acids is 2. The SMILES string of the molecule is C[C@H]1[C@@H](c2cccc(C(F)(F)F)c2O)[C@H](C(=O)Nc2ccnc(C(N)=O)c2)O[C@@]1(C)C(F)(F)F. The molecule has 184 valence electrons. The third kappa shape index (κ3) is 4.39. The molecule has 3 rings (SSSR count). The van der Waals surface area contributed by atoms with Crippen LogP contribution in [0.5, 0.6) is 5.75 Å². The van der Waals surface area contributed by atoms with Gasteiger partial charge in [-0.1, -0.05) is 19.1 Å². The molecule has 4 atom stereocenters. The normalized spacial score (nSPS) is 25.2. The second-order valence-electron chi connectivity index (χ2n) is 7.98. The number of nitrogens with zero attached hydrogens (tertiary/aromatic N) is 1. The molecule has 1 aromatic heterocycles. The minimum absolute atomic E-state index is 0.0577. The standard InChI is InChI=1S/C21H19F6N3O4/c1-9-14(11-4-3-5-12(15(11)31)20(22,23)24)16(34-19(9,2)21(25,26)27)18(33)30-10-6-7-29-13(8-10)17(28)32/h3-9,14,16,31H,1-2H3,(H2,28,32)(H,29,30,33)/t9-,14-,16+,19+/m0/s1. The quantitative estimate of drug-likeness (QED) is 0.560. The first-order chi connectivity index (χ1) is 15.6. The third-order valence-electron chi connectivity index (χ3n) is 5.94. The van der Waals surface area contributed by atoms with Crippen molar-refractivity contribution in [1.29, 1.82) is 0 Å². The van der Waals surface area contributed by atoms with Gasteiger partial charge in [-0.25, -0.2) is 0 Å². The Hall–Kier alpha value is -3.35. The molecule has 0 spiro atoms. The van der Waals surface area contributed by atoms with E-state index in [0.29, 0.717) is 13.0 Å². The number of phenols is 1. The largest absolute Gasteiger partial charge is 0.507 e. The van der Waals surface area contributed by atoms with Crippen LogP contribution in [0.2, 0.25) is 0 Å². The Balaban J connectivity index is 2.08. The number of nitrogens with two attached hydrogens (primary N) is 1. The Morgan fingerprint density at radius 2 is 1.82 bits per heavy atom. The second-order valence-corrected chi connectivity index (χ2v) is 7.98. The third-order valence-corrected chi connectivity index (χ3v) is 5.94. The average Bonchev–Trinajstić information content (AvgIpc) is 3.00. The van der Waals surface area contributed by atoms with E-state index in [-0.39, 0.29) is 11.4 Å². The molecule has 2 heterocycles. The molecule has 1 fully saturated rings.